The number of aliphatic hydroxyl groups excluding tert-OH is 1. The van der Waals surface area contributed by atoms with Gasteiger partial charge in [0.15, 0.2) is 0 Å². The Balaban J connectivity index is 1.65. The normalized spacial score (nSPS) is 12.2. The Hall–Kier alpha value is -2.11. The van der Waals surface area contributed by atoms with Crippen molar-refractivity contribution in [3.63, 3.8) is 0 Å². The third kappa shape index (κ3) is 7.54. The second-order valence-corrected chi connectivity index (χ2v) is 6.40. The third-order valence-electron chi connectivity index (χ3n) is 3.47. The van der Waals surface area contributed by atoms with Gasteiger partial charge in [-0.05, 0) is 47.9 Å². The molecule has 0 aliphatic heterocycles. The minimum absolute atomic E-state index is 0.153. The van der Waals surface area contributed by atoms with Crippen molar-refractivity contribution in [2.24, 2.45) is 5.92 Å². The van der Waals surface area contributed by atoms with Gasteiger partial charge >= 0.3 is 0 Å². The van der Waals surface area contributed by atoms with Crippen LogP contribution in [-0.4, -0.2) is 31.0 Å². The summed E-state index contributed by atoms with van der Waals surface area (Å²) < 4.78 is 23.9. The van der Waals surface area contributed by atoms with Crippen LogP contribution < -0.4 is 14.8 Å². The monoisotopic (exact) mass is 347 g/mol. The smallest absolute Gasteiger partial charge is 0.123 e. The molecule has 0 radical (unpaired) electrons. The highest BCUT2D eigenvalue weighted by Gasteiger charge is 2.05. The van der Waals surface area contributed by atoms with E-state index in [4.69, 9.17) is 9.47 Å². The lowest BCUT2D eigenvalue weighted by Gasteiger charge is -2.14. The summed E-state index contributed by atoms with van der Waals surface area (Å²) in [6, 6.07) is 13.6. The molecular weight excluding hydrogens is 321 g/mol. The van der Waals surface area contributed by atoms with Gasteiger partial charge in [0.1, 0.15) is 30.0 Å². The number of nitrogens with one attached hydrogen (secondary N) is 1. The van der Waals surface area contributed by atoms with Gasteiger partial charge in [0, 0.05) is 13.1 Å². The second kappa shape index (κ2) is 10.0. The molecule has 0 spiro atoms. The van der Waals surface area contributed by atoms with Gasteiger partial charge in [-0.25, -0.2) is 4.39 Å². The Morgan fingerprint density at radius 2 is 1.48 bits per heavy atom. The van der Waals surface area contributed by atoms with Gasteiger partial charge in [-0.15, -0.1) is 0 Å². The highest BCUT2D eigenvalue weighted by molar-refractivity contribution is 5.27. The summed E-state index contributed by atoms with van der Waals surface area (Å²) >= 11 is 0. The lowest BCUT2D eigenvalue weighted by molar-refractivity contribution is 0.106. The molecule has 1 unspecified atom stereocenters. The van der Waals surface area contributed by atoms with Crippen molar-refractivity contribution >= 4 is 0 Å². The molecule has 0 saturated carbocycles. The molecule has 0 aromatic heterocycles. The largest absolute Gasteiger partial charge is 0.493 e. The molecule has 136 valence electrons. The molecule has 0 fully saturated rings. The molecule has 0 saturated heterocycles. The van der Waals surface area contributed by atoms with Crippen LogP contribution in [0.3, 0.4) is 0 Å². The average molecular weight is 347 g/mol. The summed E-state index contributed by atoms with van der Waals surface area (Å²) in [5, 5.41) is 13.1. The van der Waals surface area contributed by atoms with Gasteiger partial charge in [-0.1, -0.05) is 26.0 Å². The minimum Gasteiger partial charge on any atom is -0.493 e. The van der Waals surface area contributed by atoms with E-state index in [2.05, 4.69) is 19.2 Å². The molecule has 2 aromatic carbocycles. The maximum atomic E-state index is 12.8. The summed E-state index contributed by atoms with van der Waals surface area (Å²) in [4.78, 5) is 0. The van der Waals surface area contributed by atoms with Crippen molar-refractivity contribution < 1.29 is 19.0 Å². The van der Waals surface area contributed by atoms with Crippen molar-refractivity contribution in [3.05, 3.63) is 59.9 Å². The van der Waals surface area contributed by atoms with Crippen molar-refractivity contribution in [2.75, 3.05) is 19.8 Å². The van der Waals surface area contributed by atoms with E-state index in [1.54, 1.807) is 12.1 Å². The number of ether oxygens (including phenoxy) is 2. The number of aliphatic hydroxyl groups is 1. The molecule has 0 bridgehead atoms. The summed E-state index contributed by atoms with van der Waals surface area (Å²) in [6.07, 6.45) is -0.640. The molecule has 0 amide bonds. The van der Waals surface area contributed by atoms with Crippen LogP contribution in [0.15, 0.2) is 48.5 Å². The fourth-order valence-corrected chi connectivity index (χ4v) is 2.13. The molecule has 2 rings (SSSR count). The highest BCUT2D eigenvalue weighted by Crippen LogP contribution is 2.13. The quantitative estimate of drug-likeness (QED) is 0.692. The van der Waals surface area contributed by atoms with Crippen LogP contribution >= 0.6 is 0 Å². The maximum absolute atomic E-state index is 12.8. The first-order valence-electron chi connectivity index (χ1n) is 8.52. The SMILES string of the molecule is CC(C)COc1ccc(CNCC(O)COc2ccc(F)cc2)cc1. The minimum atomic E-state index is -0.640. The van der Waals surface area contributed by atoms with E-state index in [0.29, 0.717) is 31.4 Å². The molecule has 1 atom stereocenters. The number of rotatable bonds is 10. The molecule has 0 heterocycles. The summed E-state index contributed by atoms with van der Waals surface area (Å²) in [6.45, 7) is 6.15. The van der Waals surface area contributed by atoms with Crippen molar-refractivity contribution in [3.8, 4) is 11.5 Å². The topological polar surface area (TPSA) is 50.7 Å². The first kappa shape index (κ1) is 19.2. The van der Waals surface area contributed by atoms with Crippen LogP contribution in [0.1, 0.15) is 19.4 Å². The number of hydrogen-bond acceptors (Lipinski definition) is 4. The third-order valence-corrected chi connectivity index (χ3v) is 3.47. The standard InChI is InChI=1S/C20H26FNO3/c1-15(2)13-24-19-7-3-16(4-8-19)11-22-12-18(23)14-25-20-9-5-17(21)6-10-20/h3-10,15,18,22-23H,11-14H2,1-2H3. The van der Waals surface area contributed by atoms with E-state index in [9.17, 15) is 9.50 Å². The fraction of sp³-hybridized carbons (Fsp3) is 0.400. The van der Waals surface area contributed by atoms with Gasteiger partial charge in [0.2, 0.25) is 0 Å². The van der Waals surface area contributed by atoms with Gasteiger partial charge in [0.05, 0.1) is 6.61 Å². The molecular formula is C20H26FNO3. The number of halogens is 1. The van der Waals surface area contributed by atoms with Crippen molar-refractivity contribution in [1.29, 1.82) is 0 Å². The zero-order valence-corrected chi connectivity index (χ0v) is 14.7. The molecule has 4 nitrogen and oxygen atoms in total. The lowest BCUT2D eigenvalue weighted by atomic mass is 10.2. The predicted octanol–water partition coefficient (Wildman–Crippen LogP) is 3.39. The van der Waals surface area contributed by atoms with Crippen molar-refractivity contribution in [2.45, 2.75) is 26.5 Å². The van der Waals surface area contributed by atoms with Crippen molar-refractivity contribution in [1.82, 2.24) is 5.32 Å². The Morgan fingerprint density at radius 1 is 0.920 bits per heavy atom. The van der Waals surface area contributed by atoms with Gasteiger partial charge in [-0.3, -0.25) is 0 Å². The Morgan fingerprint density at radius 3 is 2.08 bits per heavy atom. The Labute approximate surface area is 148 Å². The van der Waals surface area contributed by atoms with Gasteiger partial charge in [-0.2, -0.15) is 0 Å². The summed E-state index contributed by atoms with van der Waals surface area (Å²) in [5.74, 6) is 1.60. The first-order valence-corrected chi connectivity index (χ1v) is 8.52. The highest BCUT2D eigenvalue weighted by atomic mass is 19.1. The maximum Gasteiger partial charge on any atom is 0.123 e. The Kier molecular flexibility index (Phi) is 7.70. The fourth-order valence-electron chi connectivity index (χ4n) is 2.13. The van der Waals surface area contributed by atoms with Crippen LogP contribution in [0.2, 0.25) is 0 Å². The Bertz CT molecular complexity index is 614. The second-order valence-electron chi connectivity index (χ2n) is 6.40. The first-order chi connectivity index (χ1) is 12.0. The van der Waals surface area contributed by atoms with Gasteiger partial charge < -0.3 is 19.9 Å². The van der Waals surface area contributed by atoms with E-state index in [1.165, 1.54) is 12.1 Å². The predicted molar refractivity (Wildman–Crippen MR) is 96.4 cm³/mol. The van der Waals surface area contributed by atoms with Gasteiger partial charge in [0.25, 0.3) is 0 Å². The molecule has 2 aromatic rings. The number of hydrogen-bond donors (Lipinski definition) is 2. The van der Waals surface area contributed by atoms with Crippen LogP contribution in [0.4, 0.5) is 4.39 Å². The zero-order valence-electron chi connectivity index (χ0n) is 14.7. The van der Waals surface area contributed by atoms with E-state index >= 15 is 0 Å². The molecule has 0 aliphatic rings. The van der Waals surface area contributed by atoms with E-state index in [-0.39, 0.29) is 12.4 Å². The average Bonchev–Trinajstić information content (AvgIpc) is 2.60. The molecule has 2 N–H and O–H groups in total. The van der Waals surface area contributed by atoms with Crippen LogP contribution in [0, 0.1) is 11.7 Å². The van der Waals surface area contributed by atoms with Crippen LogP contribution in [0.5, 0.6) is 11.5 Å². The number of benzene rings is 2. The summed E-state index contributed by atoms with van der Waals surface area (Å²) in [7, 11) is 0. The van der Waals surface area contributed by atoms with E-state index in [1.807, 2.05) is 24.3 Å². The summed E-state index contributed by atoms with van der Waals surface area (Å²) in [5.41, 5.74) is 1.11. The van der Waals surface area contributed by atoms with Crippen LogP contribution in [0.25, 0.3) is 0 Å². The molecule has 5 heteroatoms. The lowest BCUT2D eigenvalue weighted by Crippen LogP contribution is -2.31. The van der Waals surface area contributed by atoms with E-state index in [0.717, 1.165) is 11.3 Å². The molecule has 0 aliphatic carbocycles. The van der Waals surface area contributed by atoms with E-state index < -0.39 is 6.10 Å². The molecule has 25 heavy (non-hydrogen) atoms. The van der Waals surface area contributed by atoms with Crippen LogP contribution in [-0.2, 0) is 6.54 Å². The zero-order chi connectivity index (χ0) is 18.1.